The summed E-state index contributed by atoms with van der Waals surface area (Å²) in [6, 6.07) is 0.512. The van der Waals surface area contributed by atoms with Crippen molar-refractivity contribution in [1.29, 1.82) is 0 Å². The number of likely N-dealkylation sites (tertiary alicyclic amines) is 1. The molecule has 1 aliphatic carbocycles. The molecule has 1 aromatic heterocycles. The van der Waals surface area contributed by atoms with Crippen molar-refractivity contribution in [3.05, 3.63) is 16.1 Å². The molecule has 2 aliphatic rings. The summed E-state index contributed by atoms with van der Waals surface area (Å²) in [5.41, 5.74) is 0.128. The van der Waals surface area contributed by atoms with Crippen LogP contribution in [0.4, 0.5) is 0 Å². The number of thiazole rings is 1. The third kappa shape index (κ3) is 4.17. The molecular formula is C19H31N3OS. The van der Waals surface area contributed by atoms with Crippen LogP contribution in [0.15, 0.2) is 6.20 Å². The van der Waals surface area contributed by atoms with Crippen LogP contribution in [0, 0.1) is 11.8 Å². The maximum absolute atomic E-state index is 12.3. The second-order valence-corrected chi connectivity index (χ2v) is 9.50. The number of carbonyl (C=O) groups excluding carboxylic acids is 1. The van der Waals surface area contributed by atoms with Crippen LogP contribution in [0.1, 0.15) is 63.3 Å². The summed E-state index contributed by atoms with van der Waals surface area (Å²) < 4.78 is 0. The van der Waals surface area contributed by atoms with E-state index in [0.29, 0.717) is 23.8 Å². The van der Waals surface area contributed by atoms with E-state index in [1.54, 1.807) is 0 Å². The molecule has 1 saturated carbocycles. The van der Waals surface area contributed by atoms with Gasteiger partial charge in [0.05, 0.1) is 5.01 Å². The van der Waals surface area contributed by atoms with E-state index >= 15 is 0 Å². The first-order valence-electron chi connectivity index (χ1n) is 9.36. The van der Waals surface area contributed by atoms with E-state index in [1.165, 1.54) is 9.88 Å². The van der Waals surface area contributed by atoms with E-state index in [9.17, 15) is 4.79 Å². The molecule has 24 heavy (non-hydrogen) atoms. The first-order valence-corrected chi connectivity index (χ1v) is 10.2. The number of amides is 1. The molecule has 3 rings (SSSR count). The Morgan fingerprint density at radius 3 is 2.71 bits per heavy atom. The molecule has 134 valence electrons. The van der Waals surface area contributed by atoms with Crippen molar-refractivity contribution in [3.8, 4) is 0 Å². The molecule has 2 atom stereocenters. The van der Waals surface area contributed by atoms with Crippen LogP contribution in [0.25, 0.3) is 0 Å². The Bertz CT molecular complexity index is 573. The Labute approximate surface area is 150 Å². The van der Waals surface area contributed by atoms with E-state index in [4.69, 9.17) is 0 Å². The summed E-state index contributed by atoms with van der Waals surface area (Å²) >= 11 is 1.82. The van der Waals surface area contributed by atoms with E-state index < -0.39 is 0 Å². The molecule has 2 heterocycles. The zero-order chi connectivity index (χ0) is 17.3. The standard InChI is InChI=1S/C19H31N3OS/c1-5-13-12-22(17(23)14-6-7-14)9-8-16(13)20-10-15-11-21-18(24-15)19(2,3)4/h11,13-14,16,20H,5-10,12H2,1-4H3/t13-,16-/m0/s1. The first-order chi connectivity index (χ1) is 11.4. The quantitative estimate of drug-likeness (QED) is 0.884. The van der Waals surface area contributed by atoms with Gasteiger partial charge in [-0.2, -0.15) is 0 Å². The minimum atomic E-state index is 0.128. The van der Waals surface area contributed by atoms with E-state index in [-0.39, 0.29) is 5.41 Å². The molecule has 0 bridgehead atoms. The number of carbonyl (C=O) groups is 1. The van der Waals surface area contributed by atoms with Crippen LogP contribution >= 0.6 is 11.3 Å². The minimum Gasteiger partial charge on any atom is -0.342 e. The number of piperidine rings is 1. The van der Waals surface area contributed by atoms with Gasteiger partial charge in [0.25, 0.3) is 0 Å². The normalized spacial score (nSPS) is 25.1. The van der Waals surface area contributed by atoms with Gasteiger partial charge in [0, 0.05) is 48.1 Å². The summed E-state index contributed by atoms with van der Waals surface area (Å²) in [5, 5.41) is 4.95. The van der Waals surface area contributed by atoms with Crippen molar-refractivity contribution in [1.82, 2.24) is 15.2 Å². The Morgan fingerprint density at radius 1 is 1.38 bits per heavy atom. The predicted octanol–water partition coefficient (Wildman–Crippen LogP) is 3.57. The second kappa shape index (κ2) is 7.12. The maximum atomic E-state index is 12.3. The van der Waals surface area contributed by atoms with Gasteiger partial charge in [-0.1, -0.05) is 34.1 Å². The lowest BCUT2D eigenvalue weighted by atomic mass is 9.89. The van der Waals surface area contributed by atoms with Crippen molar-refractivity contribution in [2.24, 2.45) is 11.8 Å². The highest BCUT2D eigenvalue weighted by Crippen LogP contribution is 2.33. The first kappa shape index (κ1) is 17.9. The van der Waals surface area contributed by atoms with E-state index in [1.807, 2.05) is 17.5 Å². The van der Waals surface area contributed by atoms with Gasteiger partial charge in [0.15, 0.2) is 0 Å². The molecule has 0 radical (unpaired) electrons. The average Bonchev–Trinajstić information content (AvgIpc) is 3.28. The Balaban J connectivity index is 1.53. The van der Waals surface area contributed by atoms with Gasteiger partial charge >= 0.3 is 0 Å². The molecule has 1 aromatic rings. The van der Waals surface area contributed by atoms with Crippen molar-refractivity contribution >= 4 is 17.2 Å². The largest absolute Gasteiger partial charge is 0.342 e. The summed E-state index contributed by atoms with van der Waals surface area (Å²) in [6.45, 7) is 11.6. The smallest absolute Gasteiger partial charge is 0.225 e. The third-order valence-electron chi connectivity index (χ3n) is 5.23. The lowest BCUT2D eigenvalue weighted by Gasteiger charge is -2.39. The fourth-order valence-corrected chi connectivity index (χ4v) is 4.39. The van der Waals surface area contributed by atoms with Crippen molar-refractivity contribution in [2.75, 3.05) is 13.1 Å². The molecule has 4 nitrogen and oxygen atoms in total. The predicted molar refractivity (Wildman–Crippen MR) is 99.1 cm³/mol. The molecule has 5 heteroatoms. The molecule has 1 N–H and O–H groups in total. The molecule has 2 fully saturated rings. The van der Waals surface area contributed by atoms with Crippen LogP contribution in [-0.4, -0.2) is 34.9 Å². The summed E-state index contributed by atoms with van der Waals surface area (Å²) in [4.78, 5) is 20.3. The van der Waals surface area contributed by atoms with Crippen molar-refractivity contribution in [2.45, 2.75) is 71.4 Å². The van der Waals surface area contributed by atoms with Crippen LogP contribution < -0.4 is 5.32 Å². The molecule has 1 aliphatic heterocycles. The monoisotopic (exact) mass is 349 g/mol. The highest BCUT2D eigenvalue weighted by atomic mass is 32.1. The summed E-state index contributed by atoms with van der Waals surface area (Å²) in [6.07, 6.45) is 6.43. The second-order valence-electron chi connectivity index (χ2n) is 8.38. The fraction of sp³-hybridized carbons (Fsp3) is 0.789. The van der Waals surface area contributed by atoms with Gasteiger partial charge in [0.1, 0.15) is 0 Å². The van der Waals surface area contributed by atoms with E-state index in [2.05, 4.69) is 42.9 Å². The lowest BCUT2D eigenvalue weighted by Crippen LogP contribution is -2.51. The number of nitrogens with one attached hydrogen (secondary N) is 1. The molecule has 1 amide bonds. The van der Waals surface area contributed by atoms with Gasteiger partial charge in [-0.05, 0) is 25.2 Å². The number of nitrogens with zero attached hydrogens (tertiary/aromatic N) is 2. The van der Waals surface area contributed by atoms with Crippen LogP contribution in [0.3, 0.4) is 0 Å². The number of rotatable bonds is 5. The zero-order valence-corrected chi connectivity index (χ0v) is 16.3. The number of hydrogen-bond acceptors (Lipinski definition) is 4. The molecule has 1 saturated heterocycles. The summed E-state index contributed by atoms with van der Waals surface area (Å²) in [5.74, 6) is 1.32. The fourth-order valence-electron chi connectivity index (χ4n) is 3.47. The minimum absolute atomic E-state index is 0.128. The van der Waals surface area contributed by atoms with Crippen LogP contribution in [-0.2, 0) is 16.8 Å². The van der Waals surface area contributed by atoms with Gasteiger partial charge in [0.2, 0.25) is 5.91 Å². The van der Waals surface area contributed by atoms with Gasteiger partial charge < -0.3 is 10.2 Å². The average molecular weight is 350 g/mol. The van der Waals surface area contributed by atoms with Crippen molar-refractivity contribution < 1.29 is 4.79 Å². The van der Waals surface area contributed by atoms with Crippen LogP contribution in [0.2, 0.25) is 0 Å². The third-order valence-corrected chi connectivity index (χ3v) is 6.65. The number of aromatic nitrogens is 1. The molecular weight excluding hydrogens is 318 g/mol. The Morgan fingerprint density at radius 2 is 2.12 bits per heavy atom. The highest BCUT2D eigenvalue weighted by molar-refractivity contribution is 7.11. The SMILES string of the molecule is CC[C@H]1CN(C(=O)C2CC2)CC[C@@H]1NCc1cnc(C(C)(C)C)s1. The summed E-state index contributed by atoms with van der Waals surface area (Å²) in [7, 11) is 0. The topological polar surface area (TPSA) is 45.2 Å². The lowest BCUT2D eigenvalue weighted by molar-refractivity contribution is -0.134. The van der Waals surface area contributed by atoms with Gasteiger partial charge in [-0.25, -0.2) is 4.98 Å². The van der Waals surface area contributed by atoms with Gasteiger partial charge in [-0.15, -0.1) is 11.3 Å². The molecule has 0 spiro atoms. The van der Waals surface area contributed by atoms with Gasteiger partial charge in [-0.3, -0.25) is 4.79 Å². The Hall–Kier alpha value is -0.940. The van der Waals surface area contributed by atoms with Crippen molar-refractivity contribution in [3.63, 3.8) is 0 Å². The molecule has 0 aromatic carbocycles. The number of hydrogen-bond donors (Lipinski definition) is 1. The molecule has 0 unspecified atom stereocenters. The Kier molecular flexibility index (Phi) is 5.30. The maximum Gasteiger partial charge on any atom is 0.225 e. The van der Waals surface area contributed by atoms with E-state index in [0.717, 1.165) is 45.3 Å². The highest BCUT2D eigenvalue weighted by Gasteiger charge is 2.37. The van der Waals surface area contributed by atoms with Crippen LogP contribution in [0.5, 0.6) is 0 Å². The zero-order valence-electron chi connectivity index (χ0n) is 15.5.